The van der Waals surface area contributed by atoms with E-state index in [1.807, 2.05) is 53.9 Å². The van der Waals surface area contributed by atoms with Gasteiger partial charge in [-0.05, 0) is 28.6 Å². The second-order valence-electron chi connectivity index (χ2n) is 6.18. The Hall–Kier alpha value is -3.09. The fourth-order valence-electron chi connectivity index (χ4n) is 3.19. The maximum atomic E-state index is 9.69. The molecule has 26 heavy (non-hydrogen) atoms. The van der Waals surface area contributed by atoms with Crippen LogP contribution in [0.2, 0.25) is 0 Å². The Morgan fingerprint density at radius 2 is 1.69 bits per heavy atom. The van der Waals surface area contributed by atoms with Crippen molar-refractivity contribution in [3.8, 4) is 6.07 Å². The first kappa shape index (κ1) is 16.4. The molecule has 2 aromatic carbocycles. The average Bonchev–Trinajstić information content (AvgIpc) is 3.36. The summed E-state index contributed by atoms with van der Waals surface area (Å²) in [5, 5.41) is 11.7. The van der Waals surface area contributed by atoms with Crippen molar-refractivity contribution >= 4 is 23.2 Å². The smallest absolute Gasteiger partial charge is 0.157 e. The summed E-state index contributed by atoms with van der Waals surface area (Å²) in [6, 6.07) is 26.6. The lowest BCUT2D eigenvalue weighted by atomic mass is 9.88. The zero-order valence-electron chi connectivity index (χ0n) is 14.1. The number of hydrogen-bond acceptors (Lipinski definition) is 3. The summed E-state index contributed by atoms with van der Waals surface area (Å²) in [4.78, 5) is 0.993. The maximum absolute atomic E-state index is 9.69. The highest BCUT2D eigenvalue weighted by molar-refractivity contribution is 7.11. The highest BCUT2D eigenvalue weighted by atomic mass is 32.1. The topological polar surface area (TPSA) is 33.0 Å². The van der Waals surface area contributed by atoms with Gasteiger partial charge in [0.15, 0.2) is 11.4 Å². The van der Waals surface area contributed by atoms with E-state index < -0.39 is 5.60 Å². The molecule has 4 rings (SSSR count). The van der Waals surface area contributed by atoms with E-state index >= 15 is 0 Å². The summed E-state index contributed by atoms with van der Waals surface area (Å²) in [5.41, 5.74) is 2.18. The van der Waals surface area contributed by atoms with Crippen LogP contribution in [0.5, 0.6) is 0 Å². The Balaban J connectivity index is 1.77. The van der Waals surface area contributed by atoms with Crippen LogP contribution in [0.25, 0.3) is 11.8 Å². The van der Waals surface area contributed by atoms with Gasteiger partial charge < -0.3 is 4.74 Å². The summed E-state index contributed by atoms with van der Waals surface area (Å²) in [6.45, 7) is 0. The molecule has 2 heterocycles. The molecule has 3 aromatic rings. The molecule has 1 atom stereocenters. The molecule has 0 fully saturated rings. The van der Waals surface area contributed by atoms with Gasteiger partial charge >= 0.3 is 0 Å². The molecule has 0 saturated carbocycles. The van der Waals surface area contributed by atoms with E-state index in [2.05, 4.69) is 42.5 Å². The van der Waals surface area contributed by atoms with E-state index in [9.17, 15) is 5.26 Å². The minimum absolute atomic E-state index is 0.532. The first-order chi connectivity index (χ1) is 12.8. The lowest BCUT2D eigenvalue weighted by Crippen LogP contribution is -2.22. The number of nitriles is 1. The van der Waals surface area contributed by atoms with Crippen LogP contribution in [-0.4, -0.2) is 0 Å². The number of hydrogen-bond donors (Lipinski definition) is 0. The van der Waals surface area contributed by atoms with Crippen LogP contribution in [0.15, 0.2) is 89.8 Å². The van der Waals surface area contributed by atoms with Crippen LogP contribution in [0.4, 0.5) is 0 Å². The molecule has 1 aliphatic heterocycles. The van der Waals surface area contributed by atoms with Gasteiger partial charge in [-0.15, -0.1) is 11.3 Å². The van der Waals surface area contributed by atoms with Gasteiger partial charge in [0, 0.05) is 6.42 Å². The van der Waals surface area contributed by atoms with Gasteiger partial charge in [0.25, 0.3) is 0 Å². The molecule has 1 aromatic heterocycles. The van der Waals surface area contributed by atoms with Crippen molar-refractivity contribution in [2.75, 3.05) is 0 Å². The van der Waals surface area contributed by atoms with E-state index in [1.165, 1.54) is 0 Å². The Kier molecular flexibility index (Phi) is 4.43. The molecule has 2 nitrogen and oxygen atoms in total. The molecular formula is C23H17NOS. The first-order valence-electron chi connectivity index (χ1n) is 8.47. The monoisotopic (exact) mass is 355 g/mol. The zero-order chi connectivity index (χ0) is 17.8. The second-order valence-corrected chi connectivity index (χ2v) is 7.12. The van der Waals surface area contributed by atoms with Crippen molar-refractivity contribution in [1.29, 1.82) is 5.26 Å². The Bertz CT molecular complexity index is 982. The minimum atomic E-state index is -0.665. The van der Waals surface area contributed by atoms with Gasteiger partial charge in [-0.1, -0.05) is 72.8 Å². The lowest BCUT2D eigenvalue weighted by Gasteiger charge is -2.27. The highest BCUT2D eigenvalue weighted by Crippen LogP contribution is 2.47. The SMILES string of the molecule is N#CC1=C(c2cccs2)OC(/C=C/c2ccccc2)(c2ccccc2)C1. The molecule has 3 heteroatoms. The van der Waals surface area contributed by atoms with E-state index in [0.29, 0.717) is 17.8 Å². The summed E-state index contributed by atoms with van der Waals surface area (Å²) in [6.07, 6.45) is 4.68. The second kappa shape index (κ2) is 7.03. The van der Waals surface area contributed by atoms with Crippen molar-refractivity contribution in [3.05, 3.63) is 106 Å². The van der Waals surface area contributed by atoms with Gasteiger partial charge in [-0.2, -0.15) is 5.26 Å². The van der Waals surface area contributed by atoms with Crippen LogP contribution in [-0.2, 0) is 10.3 Å². The number of thiophene rings is 1. The predicted molar refractivity (Wildman–Crippen MR) is 106 cm³/mol. The Morgan fingerprint density at radius 1 is 0.962 bits per heavy atom. The molecule has 0 saturated heterocycles. The quantitative estimate of drug-likeness (QED) is 0.574. The van der Waals surface area contributed by atoms with Gasteiger partial charge in [0.2, 0.25) is 0 Å². The maximum Gasteiger partial charge on any atom is 0.157 e. The number of nitrogens with zero attached hydrogens (tertiary/aromatic N) is 1. The fraction of sp³-hybridized carbons (Fsp3) is 0.0870. The number of benzene rings is 2. The van der Waals surface area contributed by atoms with Crippen LogP contribution in [0.3, 0.4) is 0 Å². The third-order valence-corrected chi connectivity index (χ3v) is 5.35. The molecule has 0 bridgehead atoms. The number of rotatable bonds is 4. The molecule has 0 N–H and O–H groups in total. The van der Waals surface area contributed by atoms with Crippen LogP contribution in [0, 0.1) is 11.3 Å². The first-order valence-corrected chi connectivity index (χ1v) is 9.35. The van der Waals surface area contributed by atoms with Crippen molar-refractivity contribution < 1.29 is 4.74 Å². The standard InChI is InChI=1S/C23H17NOS/c24-17-19-16-23(20-10-5-2-6-11-20,14-13-18-8-3-1-4-9-18)25-22(19)21-12-7-15-26-21/h1-15H,16H2/b14-13+. The highest BCUT2D eigenvalue weighted by Gasteiger charge is 2.41. The van der Waals surface area contributed by atoms with E-state index in [1.54, 1.807) is 11.3 Å². The van der Waals surface area contributed by atoms with Crippen LogP contribution < -0.4 is 0 Å². The van der Waals surface area contributed by atoms with E-state index in [0.717, 1.165) is 16.0 Å². The van der Waals surface area contributed by atoms with Crippen LogP contribution >= 0.6 is 11.3 Å². The molecule has 1 aliphatic rings. The zero-order valence-corrected chi connectivity index (χ0v) is 14.9. The summed E-state index contributed by atoms with van der Waals surface area (Å²) in [5.74, 6) is 0.698. The molecule has 0 radical (unpaired) electrons. The molecule has 0 spiro atoms. The van der Waals surface area contributed by atoms with Crippen LogP contribution in [0.1, 0.15) is 22.4 Å². The number of ether oxygens (including phenoxy) is 1. The Labute approximate surface area is 157 Å². The lowest BCUT2D eigenvalue weighted by molar-refractivity contribution is 0.111. The summed E-state index contributed by atoms with van der Waals surface area (Å²) >= 11 is 1.59. The van der Waals surface area contributed by atoms with Crippen molar-refractivity contribution in [2.45, 2.75) is 12.0 Å². The molecule has 0 amide bonds. The largest absolute Gasteiger partial charge is 0.476 e. The molecule has 0 aliphatic carbocycles. The molecule has 1 unspecified atom stereocenters. The van der Waals surface area contributed by atoms with Gasteiger partial charge in [-0.3, -0.25) is 0 Å². The van der Waals surface area contributed by atoms with Crippen molar-refractivity contribution in [3.63, 3.8) is 0 Å². The molecular weight excluding hydrogens is 338 g/mol. The Morgan fingerprint density at radius 3 is 2.35 bits per heavy atom. The van der Waals surface area contributed by atoms with Gasteiger partial charge in [0.05, 0.1) is 16.5 Å². The molecule has 126 valence electrons. The van der Waals surface area contributed by atoms with Gasteiger partial charge in [0.1, 0.15) is 0 Å². The third-order valence-electron chi connectivity index (χ3n) is 4.48. The van der Waals surface area contributed by atoms with Gasteiger partial charge in [-0.25, -0.2) is 0 Å². The summed E-state index contributed by atoms with van der Waals surface area (Å²) < 4.78 is 6.49. The van der Waals surface area contributed by atoms with Crippen molar-refractivity contribution in [1.82, 2.24) is 0 Å². The third kappa shape index (κ3) is 3.08. The predicted octanol–water partition coefficient (Wildman–Crippen LogP) is 6.01. The average molecular weight is 355 g/mol. The van der Waals surface area contributed by atoms with E-state index in [4.69, 9.17) is 4.74 Å². The fourth-order valence-corrected chi connectivity index (χ4v) is 3.92. The minimum Gasteiger partial charge on any atom is -0.476 e. The summed E-state index contributed by atoms with van der Waals surface area (Å²) in [7, 11) is 0. The van der Waals surface area contributed by atoms with Crippen molar-refractivity contribution in [2.24, 2.45) is 0 Å². The normalized spacial score (nSPS) is 19.5. The van der Waals surface area contributed by atoms with E-state index in [-0.39, 0.29) is 0 Å².